The molecule has 1 saturated heterocycles. The topological polar surface area (TPSA) is 15.3 Å². The molecule has 1 aliphatic carbocycles. The van der Waals surface area contributed by atoms with Crippen LogP contribution in [0.3, 0.4) is 0 Å². The number of hydrogen-bond donors (Lipinski definition) is 1. The van der Waals surface area contributed by atoms with Crippen LogP contribution in [0.5, 0.6) is 0 Å². The first-order valence-corrected chi connectivity index (χ1v) is 8.37. The molecule has 2 aliphatic rings. The van der Waals surface area contributed by atoms with E-state index in [1.54, 1.807) is 0 Å². The molecule has 1 aromatic carbocycles. The van der Waals surface area contributed by atoms with Crippen molar-refractivity contribution in [3.05, 3.63) is 28.8 Å². The van der Waals surface area contributed by atoms with Crippen LogP contribution in [0.2, 0.25) is 5.02 Å². The molecule has 0 radical (unpaired) electrons. The van der Waals surface area contributed by atoms with Gasteiger partial charge in [-0.15, -0.1) is 0 Å². The number of nitrogens with zero attached hydrogens (tertiary/aromatic N) is 1. The molecule has 0 spiro atoms. The molecule has 2 fully saturated rings. The van der Waals surface area contributed by atoms with Gasteiger partial charge >= 0.3 is 0 Å². The van der Waals surface area contributed by atoms with Gasteiger partial charge < -0.3 is 10.2 Å². The molecule has 1 saturated carbocycles. The second-order valence-corrected chi connectivity index (χ2v) is 6.72. The number of hydrogen-bond acceptors (Lipinski definition) is 2. The normalized spacial score (nSPS) is 24.9. The van der Waals surface area contributed by atoms with Crippen molar-refractivity contribution in [2.24, 2.45) is 5.92 Å². The Kier molecular flexibility index (Phi) is 4.52. The quantitative estimate of drug-likeness (QED) is 0.886. The summed E-state index contributed by atoms with van der Waals surface area (Å²) in [6.07, 6.45) is 7.04. The molecular formula is C17H25ClN2. The largest absolute Gasteiger partial charge is 0.367 e. The van der Waals surface area contributed by atoms with Crippen LogP contribution in [0.4, 0.5) is 5.69 Å². The third-order valence-electron chi connectivity index (χ3n) is 4.93. The van der Waals surface area contributed by atoms with Crippen LogP contribution < -0.4 is 10.2 Å². The lowest BCUT2D eigenvalue weighted by molar-refractivity contribution is 0.257. The van der Waals surface area contributed by atoms with Gasteiger partial charge in [0.15, 0.2) is 0 Å². The maximum Gasteiger partial charge on any atom is 0.0642 e. The minimum Gasteiger partial charge on any atom is -0.367 e. The first kappa shape index (κ1) is 14.2. The van der Waals surface area contributed by atoms with E-state index in [4.69, 9.17) is 11.6 Å². The van der Waals surface area contributed by atoms with Crippen LogP contribution in [0.25, 0.3) is 0 Å². The molecule has 0 aromatic heterocycles. The fraction of sp³-hybridized carbons (Fsp3) is 0.647. The smallest absolute Gasteiger partial charge is 0.0642 e. The van der Waals surface area contributed by atoms with Gasteiger partial charge in [0.05, 0.1) is 10.7 Å². The van der Waals surface area contributed by atoms with E-state index < -0.39 is 0 Å². The van der Waals surface area contributed by atoms with Crippen LogP contribution in [-0.2, 0) is 0 Å². The summed E-state index contributed by atoms with van der Waals surface area (Å²) in [5, 5.41) is 4.64. The van der Waals surface area contributed by atoms with Gasteiger partial charge in [-0.05, 0) is 37.3 Å². The van der Waals surface area contributed by atoms with Gasteiger partial charge in [0, 0.05) is 25.7 Å². The van der Waals surface area contributed by atoms with Crippen molar-refractivity contribution in [3.8, 4) is 0 Å². The van der Waals surface area contributed by atoms with Gasteiger partial charge in [0.25, 0.3) is 0 Å². The summed E-state index contributed by atoms with van der Waals surface area (Å²) in [6, 6.07) is 6.86. The number of rotatable bonds is 2. The van der Waals surface area contributed by atoms with E-state index in [2.05, 4.69) is 23.2 Å². The Morgan fingerprint density at radius 2 is 2.00 bits per heavy atom. The molecule has 1 heterocycles. The van der Waals surface area contributed by atoms with Crippen molar-refractivity contribution < 1.29 is 0 Å². The zero-order valence-corrected chi connectivity index (χ0v) is 13.1. The van der Waals surface area contributed by atoms with Gasteiger partial charge in [-0.25, -0.2) is 0 Å². The molecular weight excluding hydrogens is 268 g/mol. The van der Waals surface area contributed by atoms with Crippen molar-refractivity contribution in [3.63, 3.8) is 0 Å². The molecule has 1 aromatic rings. The average Bonchev–Trinajstić information content (AvgIpc) is 2.48. The van der Waals surface area contributed by atoms with E-state index in [9.17, 15) is 0 Å². The van der Waals surface area contributed by atoms with Gasteiger partial charge in [0.1, 0.15) is 0 Å². The summed E-state index contributed by atoms with van der Waals surface area (Å²) < 4.78 is 0. The monoisotopic (exact) mass is 292 g/mol. The van der Waals surface area contributed by atoms with E-state index in [-0.39, 0.29) is 0 Å². The summed E-state index contributed by atoms with van der Waals surface area (Å²) in [7, 11) is 0. The standard InChI is InChI=1S/C17H25ClN2/c1-13-6-5-9-15(18)17(13)20-11-10-19-16(12-20)14-7-3-2-4-8-14/h5-6,9,14,16,19H,2-4,7-8,10-12H2,1H3. The van der Waals surface area contributed by atoms with Gasteiger partial charge in [-0.1, -0.05) is 43.0 Å². The van der Waals surface area contributed by atoms with E-state index >= 15 is 0 Å². The summed E-state index contributed by atoms with van der Waals surface area (Å²) in [5.41, 5.74) is 2.54. The van der Waals surface area contributed by atoms with Crippen LogP contribution in [0.15, 0.2) is 18.2 Å². The van der Waals surface area contributed by atoms with Crippen LogP contribution >= 0.6 is 11.6 Å². The minimum absolute atomic E-state index is 0.639. The lowest BCUT2D eigenvalue weighted by Gasteiger charge is -2.41. The van der Waals surface area contributed by atoms with E-state index in [1.807, 2.05) is 12.1 Å². The number of piperazine rings is 1. The molecule has 20 heavy (non-hydrogen) atoms. The van der Waals surface area contributed by atoms with Crippen molar-refractivity contribution in [1.82, 2.24) is 5.32 Å². The second-order valence-electron chi connectivity index (χ2n) is 6.31. The highest BCUT2D eigenvalue weighted by Gasteiger charge is 2.29. The molecule has 0 amide bonds. The highest BCUT2D eigenvalue weighted by atomic mass is 35.5. The Labute approximate surface area is 127 Å². The first-order valence-electron chi connectivity index (χ1n) is 7.99. The Balaban J connectivity index is 1.74. The molecule has 0 bridgehead atoms. The fourth-order valence-electron chi connectivity index (χ4n) is 3.86. The third-order valence-corrected chi connectivity index (χ3v) is 5.23. The molecule has 3 heteroatoms. The summed E-state index contributed by atoms with van der Waals surface area (Å²) in [4.78, 5) is 2.49. The Hall–Kier alpha value is -0.730. The van der Waals surface area contributed by atoms with Gasteiger partial charge in [0.2, 0.25) is 0 Å². The molecule has 1 aliphatic heterocycles. The molecule has 1 N–H and O–H groups in total. The van der Waals surface area contributed by atoms with Crippen LogP contribution in [-0.4, -0.2) is 25.7 Å². The molecule has 3 rings (SSSR count). The number of nitrogens with one attached hydrogen (secondary N) is 1. The van der Waals surface area contributed by atoms with E-state index in [1.165, 1.54) is 43.4 Å². The number of para-hydroxylation sites is 1. The van der Waals surface area contributed by atoms with Crippen molar-refractivity contribution in [1.29, 1.82) is 0 Å². The molecule has 2 nitrogen and oxygen atoms in total. The SMILES string of the molecule is Cc1cccc(Cl)c1N1CCNC(C2CCCCC2)C1. The Morgan fingerprint density at radius 3 is 2.75 bits per heavy atom. The molecule has 110 valence electrons. The Morgan fingerprint density at radius 1 is 1.20 bits per heavy atom. The number of aryl methyl sites for hydroxylation is 1. The Bertz CT molecular complexity index is 434. The highest BCUT2D eigenvalue weighted by Crippen LogP contribution is 2.33. The van der Waals surface area contributed by atoms with Crippen molar-refractivity contribution in [2.75, 3.05) is 24.5 Å². The number of benzene rings is 1. The maximum atomic E-state index is 6.43. The lowest BCUT2D eigenvalue weighted by atomic mass is 9.83. The highest BCUT2D eigenvalue weighted by molar-refractivity contribution is 6.33. The average molecular weight is 293 g/mol. The third kappa shape index (κ3) is 2.96. The molecule has 1 atom stereocenters. The molecule has 1 unspecified atom stereocenters. The predicted molar refractivity (Wildman–Crippen MR) is 86.8 cm³/mol. The summed E-state index contributed by atoms with van der Waals surface area (Å²) in [5.74, 6) is 0.856. The zero-order valence-electron chi connectivity index (χ0n) is 12.4. The minimum atomic E-state index is 0.639. The van der Waals surface area contributed by atoms with Gasteiger partial charge in [-0.2, -0.15) is 0 Å². The van der Waals surface area contributed by atoms with Gasteiger partial charge in [-0.3, -0.25) is 0 Å². The first-order chi connectivity index (χ1) is 9.75. The zero-order chi connectivity index (χ0) is 13.9. The number of anilines is 1. The summed E-state index contributed by atoms with van der Waals surface area (Å²) >= 11 is 6.43. The van der Waals surface area contributed by atoms with Crippen LogP contribution in [0.1, 0.15) is 37.7 Å². The fourth-order valence-corrected chi connectivity index (χ4v) is 4.20. The van der Waals surface area contributed by atoms with Crippen molar-refractivity contribution in [2.45, 2.75) is 45.1 Å². The van der Waals surface area contributed by atoms with Crippen LogP contribution in [0, 0.1) is 12.8 Å². The summed E-state index contributed by atoms with van der Waals surface area (Å²) in [6.45, 7) is 5.41. The second kappa shape index (κ2) is 6.36. The van der Waals surface area contributed by atoms with Crippen molar-refractivity contribution >= 4 is 17.3 Å². The van der Waals surface area contributed by atoms with E-state index in [0.717, 1.165) is 30.6 Å². The lowest BCUT2D eigenvalue weighted by Crippen LogP contribution is -2.54. The maximum absolute atomic E-state index is 6.43. The predicted octanol–water partition coefficient (Wildman–Crippen LogP) is 4.01. The van der Waals surface area contributed by atoms with E-state index in [0.29, 0.717) is 6.04 Å². The number of halogens is 1.